The van der Waals surface area contributed by atoms with E-state index >= 15 is 0 Å². The van der Waals surface area contributed by atoms with Gasteiger partial charge in [-0.25, -0.2) is 8.42 Å². The lowest BCUT2D eigenvalue weighted by Gasteiger charge is -2.34. The zero-order valence-corrected chi connectivity index (χ0v) is 17.6. The molecule has 3 aromatic rings. The maximum atomic E-state index is 13.1. The molecular formula is C22H23N3O4S. The minimum Gasteiger partial charge on any atom is -0.373 e. The Bertz CT molecular complexity index is 1190. The van der Waals surface area contributed by atoms with Crippen LogP contribution in [0.1, 0.15) is 24.2 Å². The second kappa shape index (κ2) is 8.14. The summed E-state index contributed by atoms with van der Waals surface area (Å²) in [6, 6.07) is 15.5. The Morgan fingerprint density at radius 3 is 2.57 bits per heavy atom. The molecule has 2 atom stereocenters. The molecule has 1 aliphatic heterocycles. The fraction of sp³-hybridized carbons (Fsp3) is 0.273. The molecule has 2 heterocycles. The van der Waals surface area contributed by atoms with Crippen LogP contribution < -0.4 is 5.32 Å². The molecule has 0 saturated carbocycles. The molecule has 0 aliphatic carbocycles. The van der Waals surface area contributed by atoms with Crippen molar-refractivity contribution < 1.29 is 17.9 Å². The van der Waals surface area contributed by atoms with Gasteiger partial charge in [-0.1, -0.05) is 24.3 Å². The van der Waals surface area contributed by atoms with Gasteiger partial charge in [0.2, 0.25) is 10.0 Å². The fourth-order valence-electron chi connectivity index (χ4n) is 3.62. The van der Waals surface area contributed by atoms with Crippen LogP contribution in [0.15, 0.2) is 65.7 Å². The van der Waals surface area contributed by atoms with Gasteiger partial charge >= 0.3 is 0 Å². The second-order valence-corrected chi connectivity index (χ2v) is 9.42. The number of anilines is 1. The lowest BCUT2D eigenvalue weighted by molar-refractivity contribution is -0.0440. The Morgan fingerprint density at radius 2 is 1.80 bits per heavy atom. The summed E-state index contributed by atoms with van der Waals surface area (Å²) in [4.78, 5) is 17.2. The van der Waals surface area contributed by atoms with Gasteiger partial charge in [-0.05, 0) is 44.2 Å². The number of hydrogen-bond acceptors (Lipinski definition) is 5. The van der Waals surface area contributed by atoms with E-state index < -0.39 is 15.9 Å². The van der Waals surface area contributed by atoms with Crippen molar-refractivity contribution in [3.63, 3.8) is 0 Å². The summed E-state index contributed by atoms with van der Waals surface area (Å²) < 4.78 is 33.2. The summed E-state index contributed by atoms with van der Waals surface area (Å²) in [7, 11) is -3.72. The normalized spacial score (nSPS) is 20.2. The number of sulfonamides is 1. The molecule has 0 bridgehead atoms. The number of para-hydroxylation sites is 1. The maximum Gasteiger partial charge on any atom is 0.255 e. The summed E-state index contributed by atoms with van der Waals surface area (Å²) in [5, 5.41) is 3.70. The largest absolute Gasteiger partial charge is 0.373 e. The number of rotatable bonds is 4. The molecule has 4 rings (SSSR count). The first-order valence-electron chi connectivity index (χ1n) is 9.75. The predicted octanol–water partition coefficient (Wildman–Crippen LogP) is 3.29. The second-order valence-electron chi connectivity index (χ2n) is 7.48. The van der Waals surface area contributed by atoms with Crippen LogP contribution in [0.5, 0.6) is 0 Å². The maximum absolute atomic E-state index is 13.1. The summed E-state index contributed by atoms with van der Waals surface area (Å²) >= 11 is 0. The zero-order valence-electron chi connectivity index (χ0n) is 16.8. The van der Waals surface area contributed by atoms with E-state index in [1.165, 1.54) is 16.4 Å². The number of morpholine rings is 1. The highest BCUT2D eigenvalue weighted by Crippen LogP contribution is 2.23. The van der Waals surface area contributed by atoms with Gasteiger partial charge in [0.1, 0.15) is 0 Å². The minimum absolute atomic E-state index is 0.0908. The lowest BCUT2D eigenvalue weighted by atomic mass is 10.2. The quantitative estimate of drug-likeness (QED) is 0.693. The summed E-state index contributed by atoms with van der Waals surface area (Å²) in [5.74, 6) is -0.396. The Labute approximate surface area is 175 Å². The Morgan fingerprint density at radius 1 is 1.07 bits per heavy atom. The predicted molar refractivity (Wildman–Crippen MR) is 115 cm³/mol. The first-order valence-corrected chi connectivity index (χ1v) is 11.2. The molecule has 1 amide bonds. The number of amides is 1. The number of nitrogens with zero attached hydrogens (tertiary/aromatic N) is 2. The summed E-state index contributed by atoms with van der Waals surface area (Å²) in [5.41, 5.74) is 1.64. The van der Waals surface area contributed by atoms with Crippen LogP contribution in [0.2, 0.25) is 0 Å². The molecule has 30 heavy (non-hydrogen) atoms. The van der Waals surface area contributed by atoms with Gasteiger partial charge in [0.05, 0.1) is 34.5 Å². The number of benzene rings is 2. The van der Waals surface area contributed by atoms with Crippen LogP contribution in [0, 0.1) is 0 Å². The SMILES string of the molecule is C[C@@H]1CN(S(=O)(=O)c2cccc(C(=O)Nc3cnc4ccccc4c3)c2)C[C@H](C)O1. The molecule has 8 heteroatoms. The molecule has 156 valence electrons. The van der Waals surface area contributed by atoms with Crippen LogP contribution in [0.3, 0.4) is 0 Å². The van der Waals surface area contributed by atoms with E-state index in [2.05, 4.69) is 10.3 Å². The number of hydrogen-bond donors (Lipinski definition) is 1. The third kappa shape index (κ3) is 4.21. The van der Waals surface area contributed by atoms with Gasteiger partial charge in [-0.15, -0.1) is 0 Å². The van der Waals surface area contributed by atoms with E-state index in [9.17, 15) is 13.2 Å². The molecule has 0 spiro atoms. The number of nitrogens with one attached hydrogen (secondary N) is 1. The van der Waals surface area contributed by atoms with Crippen molar-refractivity contribution in [3.8, 4) is 0 Å². The Kier molecular flexibility index (Phi) is 5.55. The highest BCUT2D eigenvalue weighted by molar-refractivity contribution is 7.89. The number of carbonyl (C=O) groups is 1. The molecule has 0 radical (unpaired) electrons. The number of fused-ring (bicyclic) bond motifs is 1. The van der Waals surface area contributed by atoms with Gasteiger partial charge in [0.15, 0.2) is 0 Å². The van der Waals surface area contributed by atoms with Crippen molar-refractivity contribution in [2.45, 2.75) is 31.0 Å². The standard InChI is InChI=1S/C22H23N3O4S/c1-15-13-25(14-16(2)29-15)30(27,28)20-8-5-7-18(11-20)22(26)24-19-10-17-6-3-4-9-21(17)23-12-19/h3-12,15-16H,13-14H2,1-2H3,(H,24,26)/t15-,16+. The Balaban J connectivity index is 1.56. The molecular weight excluding hydrogens is 402 g/mol. The van der Waals surface area contributed by atoms with Crippen molar-refractivity contribution in [2.75, 3.05) is 18.4 Å². The average molecular weight is 426 g/mol. The van der Waals surface area contributed by atoms with Gasteiger partial charge in [-0.2, -0.15) is 4.31 Å². The number of pyridine rings is 1. The van der Waals surface area contributed by atoms with Crippen molar-refractivity contribution in [1.82, 2.24) is 9.29 Å². The van der Waals surface area contributed by atoms with E-state index in [4.69, 9.17) is 4.74 Å². The van der Waals surface area contributed by atoms with Crippen LogP contribution >= 0.6 is 0 Å². The Hall–Kier alpha value is -2.81. The lowest BCUT2D eigenvalue weighted by Crippen LogP contribution is -2.48. The van der Waals surface area contributed by atoms with Gasteiger partial charge in [0.25, 0.3) is 5.91 Å². The fourth-order valence-corrected chi connectivity index (χ4v) is 5.25. The number of aromatic nitrogens is 1. The number of carbonyl (C=O) groups excluding carboxylic acids is 1. The average Bonchev–Trinajstić information content (AvgIpc) is 2.73. The highest BCUT2D eigenvalue weighted by atomic mass is 32.2. The van der Waals surface area contributed by atoms with E-state index in [-0.39, 0.29) is 35.8 Å². The smallest absolute Gasteiger partial charge is 0.255 e. The van der Waals surface area contributed by atoms with Crippen LogP contribution in [-0.4, -0.2) is 48.9 Å². The minimum atomic E-state index is -3.72. The highest BCUT2D eigenvalue weighted by Gasteiger charge is 2.32. The molecule has 0 unspecified atom stereocenters. The molecule has 1 fully saturated rings. The van der Waals surface area contributed by atoms with Crippen LogP contribution in [-0.2, 0) is 14.8 Å². The van der Waals surface area contributed by atoms with Crippen molar-refractivity contribution in [2.24, 2.45) is 0 Å². The third-order valence-electron chi connectivity index (χ3n) is 4.97. The molecule has 1 saturated heterocycles. The zero-order chi connectivity index (χ0) is 21.3. The van der Waals surface area contributed by atoms with E-state index in [0.717, 1.165) is 10.9 Å². The monoisotopic (exact) mass is 425 g/mol. The molecule has 7 nitrogen and oxygen atoms in total. The van der Waals surface area contributed by atoms with E-state index in [1.807, 2.05) is 44.2 Å². The molecule has 2 aromatic carbocycles. The molecule has 1 N–H and O–H groups in total. The van der Waals surface area contributed by atoms with Crippen molar-refractivity contribution in [1.29, 1.82) is 0 Å². The first kappa shape index (κ1) is 20.5. The first-order chi connectivity index (χ1) is 14.3. The van der Waals surface area contributed by atoms with Crippen molar-refractivity contribution >= 4 is 32.5 Å². The van der Waals surface area contributed by atoms with E-state index in [1.54, 1.807) is 18.3 Å². The van der Waals surface area contributed by atoms with Gasteiger partial charge in [-0.3, -0.25) is 9.78 Å². The third-order valence-corrected chi connectivity index (χ3v) is 6.80. The van der Waals surface area contributed by atoms with E-state index in [0.29, 0.717) is 5.69 Å². The van der Waals surface area contributed by atoms with Gasteiger partial charge in [0, 0.05) is 24.0 Å². The van der Waals surface area contributed by atoms with Gasteiger partial charge < -0.3 is 10.1 Å². The topological polar surface area (TPSA) is 88.6 Å². The molecule has 1 aliphatic rings. The number of ether oxygens (including phenoxy) is 1. The summed E-state index contributed by atoms with van der Waals surface area (Å²) in [6.07, 6.45) is 1.21. The van der Waals surface area contributed by atoms with Crippen molar-refractivity contribution in [3.05, 3.63) is 66.4 Å². The molecule has 1 aromatic heterocycles. The summed E-state index contributed by atoms with van der Waals surface area (Å²) in [6.45, 7) is 4.26. The van der Waals surface area contributed by atoms with Crippen LogP contribution in [0.4, 0.5) is 5.69 Å². The van der Waals surface area contributed by atoms with Crippen LogP contribution in [0.25, 0.3) is 10.9 Å².